The zero-order valence-corrected chi connectivity index (χ0v) is 32.6. The van der Waals surface area contributed by atoms with E-state index >= 15 is 0 Å². The normalized spacial score (nSPS) is 14.0. The molecule has 6 heteroatoms. The average molecular weight is 667 g/mol. The molecule has 6 nitrogen and oxygen atoms in total. The summed E-state index contributed by atoms with van der Waals surface area (Å²) in [5.74, 6) is 0.00307. The number of carbonyl (C=O) groups excluding carboxylic acids is 2. The van der Waals surface area contributed by atoms with Gasteiger partial charge in [0.25, 0.3) is 0 Å². The van der Waals surface area contributed by atoms with Crippen LogP contribution in [0.3, 0.4) is 0 Å². The van der Waals surface area contributed by atoms with Crippen LogP contribution in [-0.2, 0) is 53.6 Å². The lowest BCUT2D eigenvalue weighted by Gasteiger charge is -2.29. The Morgan fingerprint density at radius 2 is 0.896 bits per heavy atom. The van der Waals surface area contributed by atoms with Crippen LogP contribution in [0, 0.1) is 0 Å². The van der Waals surface area contributed by atoms with Crippen LogP contribution in [0.1, 0.15) is 169 Å². The highest BCUT2D eigenvalue weighted by Crippen LogP contribution is 2.41. The molecule has 2 rings (SSSR count). The van der Waals surface area contributed by atoms with E-state index < -0.39 is 12.2 Å². The van der Waals surface area contributed by atoms with Crippen molar-refractivity contribution in [1.82, 2.24) is 0 Å². The fourth-order valence-electron chi connectivity index (χ4n) is 6.06. The van der Waals surface area contributed by atoms with Crippen molar-refractivity contribution >= 4 is 11.9 Å². The first-order chi connectivity index (χ1) is 21.9. The van der Waals surface area contributed by atoms with Crippen LogP contribution in [0.25, 0.3) is 0 Å². The van der Waals surface area contributed by atoms with Crippen molar-refractivity contribution in [3.63, 3.8) is 0 Å². The maximum atomic E-state index is 13.3. The number of rotatable bonds is 13. The third-order valence-electron chi connectivity index (χ3n) is 9.03. The van der Waals surface area contributed by atoms with Gasteiger partial charge in [-0.1, -0.05) is 128 Å². The SMILES string of the molecule is CCCCC(OC(=O)CCc1cc(C(C)(C)C)c(O)c(C(C)(C)C)c1)C(CC)OC(=O)CCc1cc(C(C)(C)C)c(O)c(C(C)(C)C)c1. The summed E-state index contributed by atoms with van der Waals surface area (Å²) in [6.07, 6.45) is 3.26. The molecule has 0 aromatic heterocycles. The molecule has 2 aromatic carbocycles. The molecular weight excluding hydrogens is 600 g/mol. The minimum atomic E-state index is -0.531. The van der Waals surface area contributed by atoms with Crippen LogP contribution >= 0.6 is 0 Å². The molecule has 0 aliphatic carbocycles. The molecule has 0 heterocycles. The Morgan fingerprint density at radius 3 is 1.17 bits per heavy atom. The zero-order chi connectivity index (χ0) is 36.8. The number of hydrogen-bond acceptors (Lipinski definition) is 6. The highest BCUT2D eigenvalue weighted by molar-refractivity contribution is 5.71. The third-order valence-corrected chi connectivity index (χ3v) is 9.03. The van der Waals surface area contributed by atoms with Gasteiger partial charge in [0.2, 0.25) is 0 Å². The van der Waals surface area contributed by atoms with E-state index in [1.165, 1.54) is 0 Å². The highest BCUT2D eigenvalue weighted by Gasteiger charge is 2.30. The molecule has 48 heavy (non-hydrogen) atoms. The maximum Gasteiger partial charge on any atom is 0.306 e. The molecule has 0 radical (unpaired) electrons. The number of aryl methyl sites for hydroxylation is 2. The summed E-state index contributed by atoms with van der Waals surface area (Å²) in [5.41, 5.74) is 4.43. The zero-order valence-electron chi connectivity index (χ0n) is 32.6. The largest absolute Gasteiger partial charge is 0.507 e. The molecule has 2 unspecified atom stereocenters. The molecular formula is C42H66O6. The van der Waals surface area contributed by atoms with Gasteiger partial charge in [0, 0.05) is 12.8 Å². The number of phenols is 2. The molecule has 0 amide bonds. The van der Waals surface area contributed by atoms with Gasteiger partial charge in [-0.05, 0) is 87.1 Å². The average Bonchev–Trinajstić information content (AvgIpc) is 2.94. The van der Waals surface area contributed by atoms with Gasteiger partial charge in [-0.15, -0.1) is 0 Å². The first kappa shape index (κ1) is 41.2. The second-order valence-electron chi connectivity index (χ2n) is 17.7. The molecule has 2 N–H and O–H groups in total. The van der Waals surface area contributed by atoms with Crippen molar-refractivity contribution < 1.29 is 29.3 Å². The fourth-order valence-corrected chi connectivity index (χ4v) is 6.06. The van der Waals surface area contributed by atoms with Crippen LogP contribution in [0.4, 0.5) is 0 Å². The second kappa shape index (κ2) is 16.1. The molecule has 0 aliphatic heterocycles. The summed E-state index contributed by atoms with van der Waals surface area (Å²) in [5, 5.41) is 22.2. The van der Waals surface area contributed by atoms with Crippen LogP contribution in [0.2, 0.25) is 0 Å². The number of ether oxygens (including phenoxy) is 2. The number of hydrogen-bond donors (Lipinski definition) is 2. The van der Waals surface area contributed by atoms with E-state index in [9.17, 15) is 19.8 Å². The van der Waals surface area contributed by atoms with Gasteiger partial charge in [-0.2, -0.15) is 0 Å². The topological polar surface area (TPSA) is 93.1 Å². The number of aromatic hydroxyl groups is 2. The third kappa shape index (κ3) is 11.6. The molecule has 0 bridgehead atoms. The van der Waals surface area contributed by atoms with Crippen LogP contribution < -0.4 is 0 Å². The Hall–Kier alpha value is -3.02. The Kier molecular flexibility index (Phi) is 13.8. The van der Waals surface area contributed by atoms with Gasteiger partial charge in [0.1, 0.15) is 23.7 Å². The van der Waals surface area contributed by atoms with Gasteiger partial charge in [0.15, 0.2) is 0 Å². The van der Waals surface area contributed by atoms with E-state index in [4.69, 9.17) is 9.47 Å². The number of phenolic OH excluding ortho intramolecular Hbond substituents is 2. The molecule has 2 aromatic rings. The lowest BCUT2D eigenvalue weighted by molar-refractivity contribution is -0.169. The van der Waals surface area contributed by atoms with Gasteiger partial charge in [-0.25, -0.2) is 0 Å². The van der Waals surface area contributed by atoms with Crippen LogP contribution in [0.5, 0.6) is 11.5 Å². The minimum absolute atomic E-state index is 0.190. The summed E-state index contributed by atoms with van der Waals surface area (Å²) in [7, 11) is 0. The first-order valence-corrected chi connectivity index (χ1v) is 18.0. The summed E-state index contributed by atoms with van der Waals surface area (Å²) in [6.45, 7) is 29.0. The van der Waals surface area contributed by atoms with Crippen molar-refractivity contribution in [2.45, 2.75) is 182 Å². The van der Waals surface area contributed by atoms with Crippen molar-refractivity contribution in [2.75, 3.05) is 0 Å². The Balaban J connectivity index is 2.19. The Bertz CT molecular complexity index is 1320. The lowest BCUT2D eigenvalue weighted by atomic mass is 9.78. The predicted octanol–water partition coefficient (Wildman–Crippen LogP) is 10.3. The number of benzene rings is 2. The van der Waals surface area contributed by atoms with E-state index in [2.05, 4.69) is 90.0 Å². The maximum absolute atomic E-state index is 13.3. The van der Waals surface area contributed by atoms with Crippen molar-refractivity contribution in [3.8, 4) is 11.5 Å². The number of unbranched alkanes of at least 4 members (excludes halogenated alkanes) is 1. The Morgan fingerprint density at radius 1 is 0.583 bits per heavy atom. The lowest BCUT2D eigenvalue weighted by Crippen LogP contribution is -2.35. The van der Waals surface area contributed by atoms with Gasteiger partial charge < -0.3 is 19.7 Å². The first-order valence-electron chi connectivity index (χ1n) is 18.0. The number of carbonyl (C=O) groups is 2. The molecule has 0 aliphatic rings. The summed E-state index contributed by atoms with van der Waals surface area (Å²) in [4.78, 5) is 26.5. The standard InChI is InChI=1S/C42H66O6/c1-15-17-18-34(48-36(44)22-20-28-25-31(41(9,10)11)38(46)32(26-28)42(12,13)14)33(16-2)47-35(43)21-19-27-23-29(39(3,4)5)37(45)30(24-27)40(6,7)8/h23-26,33-34,45-46H,15-22H2,1-14H3. The van der Waals surface area contributed by atoms with Gasteiger partial charge in [0.05, 0.1) is 0 Å². The molecule has 2 atom stereocenters. The van der Waals surface area contributed by atoms with Crippen LogP contribution in [0.15, 0.2) is 24.3 Å². The monoisotopic (exact) mass is 666 g/mol. The van der Waals surface area contributed by atoms with Gasteiger partial charge in [-0.3, -0.25) is 9.59 Å². The highest BCUT2D eigenvalue weighted by atomic mass is 16.6. The molecule has 270 valence electrons. The number of esters is 2. The minimum Gasteiger partial charge on any atom is -0.507 e. The van der Waals surface area contributed by atoms with Crippen molar-refractivity contribution in [2.24, 2.45) is 0 Å². The smallest absolute Gasteiger partial charge is 0.306 e. The Labute approximate surface area is 292 Å². The molecule has 0 saturated carbocycles. The van der Waals surface area contributed by atoms with E-state index in [1.54, 1.807) is 0 Å². The predicted molar refractivity (Wildman–Crippen MR) is 197 cm³/mol. The van der Waals surface area contributed by atoms with E-state index in [0.717, 1.165) is 46.2 Å². The second-order valence-corrected chi connectivity index (χ2v) is 17.7. The molecule has 0 fully saturated rings. The van der Waals surface area contributed by atoms with Crippen LogP contribution in [-0.4, -0.2) is 34.4 Å². The van der Waals surface area contributed by atoms with E-state index in [-0.39, 0.29) is 46.4 Å². The quantitative estimate of drug-likeness (QED) is 0.207. The van der Waals surface area contributed by atoms with Crippen molar-refractivity contribution in [3.05, 3.63) is 57.6 Å². The summed E-state index contributed by atoms with van der Waals surface area (Å²) in [6, 6.07) is 8.02. The molecule has 0 spiro atoms. The summed E-state index contributed by atoms with van der Waals surface area (Å²) < 4.78 is 12.0. The summed E-state index contributed by atoms with van der Waals surface area (Å²) >= 11 is 0. The fraction of sp³-hybridized carbons (Fsp3) is 0.667. The molecule has 0 saturated heterocycles. The van der Waals surface area contributed by atoms with E-state index in [0.29, 0.717) is 37.2 Å². The van der Waals surface area contributed by atoms with E-state index in [1.807, 2.05) is 31.2 Å². The van der Waals surface area contributed by atoms with Gasteiger partial charge >= 0.3 is 11.9 Å². The van der Waals surface area contributed by atoms with Crippen molar-refractivity contribution in [1.29, 1.82) is 0 Å².